The SMILES string of the molecule is CCCCCSCC(NC(=O)N(CCC)C(=O)c1cccc(C#Cc2ccccc2)c1)C(=O)O. The van der Waals surface area contributed by atoms with Crippen molar-refractivity contribution in [2.45, 2.75) is 45.6 Å². The molecular formula is C27H32N2O4S. The summed E-state index contributed by atoms with van der Waals surface area (Å²) in [5.74, 6) is 5.58. The van der Waals surface area contributed by atoms with E-state index in [0.29, 0.717) is 17.5 Å². The Bertz CT molecular complexity index is 1010. The van der Waals surface area contributed by atoms with Gasteiger partial charge in [0.2, 0.25) is 0 Å². The Balaban J connectivity index is 2.10. The van der Waals surface area contributed by atoms with E-state index in [2.05, 4.69) is 24.1 Å². The third-order valence-electron chi connectivity index (χ3n) is 4.94. The average molecular weight is 481 g/mol. The maximum atomic E-state index is 13.2. The maximum absolute atomic E-state index is 13.2. The van der Waals surface area contributed by atoms with Crippen molar-refractivity contribution in [1.29, 1.82) is 0 Å². The van der Waals surface area contributed by atoms with E-state index >= 15 is 0 Å². The first-order valence-corrected chi connectivity index (χ1v) is 12.7. The fourth-order valence-corrected chi connectivity index (χ4v) is 4.16. The number of unbranched alkanes of at least 4 members (excludes halogenated alkanes) is 2. The second kappa shape index (κ2) is 14.8. The van der Waals surface area contributed by atoms with Crippen molar-refractivity contribution in [3.63, 3.8) is 0 Å². The van der Waals surface area contributed by atoms with Gasteiger partial charge in [-0.05, 0) is 48.9 Å². The monoisotopic (exact) mass is 480 g/mol. The number of amides is 3. The molecule has 0 fully saturated rings. The van der Waals surface area contributed by atoms with Crippen LogP contribution in [0.15, 0.2) is 54.6 Å². The largest absolute Gasteiger partial charge is 0.480 e. The molecule has 0 heterocycles. The van der Waals surface area contributed by atoms with Crippen LogP contribution in [-0.2, 0) is 4.79 Å². The van der Waals surface area contributed by atoms with Crippen LogP contribution in [0.3, 0.4) is 0 Å². The molecule has 0 spiro atoms. The third-order valence-corrected chi connectivity index (χ3v) is 6.09. The molecule has 1 unspecified atom stereocenters. The minimum absolute atomic E-state index is 0.181. The van der Waals surface area contributed by atoms with Gasteiger partial charge in [-0.25, -0.2) is 9.59 Å². The van der Waals surface area contributed by atoms with E-state index in [1.807, 2.05) is 37.3 Å². The van der Waals surface area contributed by atoms with Gasteiger partial charge in [0, 0.05) is 29.0 Å². The van der Waals surface area contributed by atoms with Crippen molar-refractivity contribution in [2.75, 3.05) is 18.1 Å². The molecule has 0 aliphatic rings. The number of thioether (sulfide) groups is 1. The van der Waals surface area contributed by atoms with E-state index in [0.717, 1.165) is 35.5 Å². The lowest BCUT2D eigenvalue weighted by Crippen LogP contribution is -2.51. The van der Waals surface area contributed by atoms with Gasteiger partial charge in [-0.3, -0.25) is 9.69 Å². The van der Waals surface area contributed by atoms with E-state index in [1.165, 1.54) is 11.8 Å². The lowest BCUT2D eigenvalue weighted by molar-refractivity contribution is -0.138. The molecule has 2 aromatic carbocycles. The van der Waals surface area contributed by atoms with Gasteiger partial charge in [-0.15, -0.1) is 0 Å². The Morgan fingerprint density at radius 2 is 1.68 bits per heavy atom. The standard InChI is InChI=1S/C27H32N2O4S/c1-3-5-9-18-34-20-24(26(31)32)28-27(33)29(17-4-2)25(30)23-14-10-13-22(19-23)16-15-21-11-7-6-8-12-21/h6-8,10-14,19,24H,3-5,9,17-18,20H2,1-2H3,(H,28,33)(H,31,32). The number of hydrogen-bond donors (Lipinski definition) is 2. The number of carboxylic acid groups (broad SMARTS) is 1. The van der Waals surface area contributed by atoms with Gasteiger partial charge < -0.3 is 10.4 Å². The first kappa shape index (κ1) is 27.0. The molecule has 180 valence electrons. The number of nitrogens with zero attached hydrogens (tertiary/aromatic N) is 1. The minimum Gasteiger partial charge on any atom is -0.480 e. The predicted octanol–water partition coefficient (Wildman–Crippen LogP) is 5.02. The molecule has 0 saturated carbocycles. The zero-order chi connectivity index (χ0) is 24.8. The second-order valence-electron chi connectivity index (χ2n) is 7.78. The van der Waals surface area contributed by atoms with Gasteiger partial charge in [-0.1, -0.05) is 62.8 Å². The van der Waals surface area contributed by atoms with Crippen molar-refractivity contribution in [3.8, 4) is 11.8 Å². The molecule has 0 radical (unpaired) electrons. The fraction of sp³-hybridized carbons (Fsp3) is 0.370. The minimum atomic E-state index is -1.11. The quantitative estimate of drug-likeness (QED) is 0.348. The third kappa shape index (κ3) is 8.95. The van der Waals surface area contributed by atoms with E-state index in [9.17, 15) is 19.5 Å². The molecule has 2 aromatic rings. The van der Waals surface area contributed by atoms with E-state index in [4.69, 9.17) is 0 Å². The summed E-state index contributed by atoms with van der Waals surface area (Å²) in [6.45, 7) is 4.14. The van der Waals surface area contributed by atoms with Crippen LogP contribution in [0.25, 0.3) is 0 Å². The van der Waals surface area contributed by atoms with E-state index in [1.54, 1.807) is 24.3 Å². The number of carbonyl (C=O) groups excluding carboxylic acids is 2. The molecule has 0 aliphatic heterocycles. The van der Waals surface area contributed by atoms with Crippen LogP contribution in [0.5, 0.6) is 0 Å². The molecule has 7 heteroatoms. The molecule has 0 aliphatic carbocycles. The van der Waals surface area contributed by atoms with Gasteiger partial charge in [-0.2, -0.15) is 11.8 Å². The normalized spacial score (nSPS) is 11.1. The van der Waals surface area contributed by atoms with Crippen molar-refractivity contribution in [2.24, 2.45) is 0 Å². The van der Waals surface area contributed by atoms with Crippen LogP contribution < -0.4 is 5.32 Å². The molecule has 0 saturated heterocycles. The summed E-state index contributed by atoms with van der Waals surface area (Å²) in [5.41, 5.74) is 1.83. The summed E-state index contributed by atoms with van der Waals surface area (Å²) >= 11 is 1.49. The van der Waals surface area contributed by atoms with Crippen molar-refractivity contribution in [3.05, 3.63) is 71.3 Å². The average Bonchev–Trinajstić information content (AvgIpc) is 2.85. The highest BCUT2D eigenvalue weighted by Crippen LogP contribution is 2.12. The Kier molecular flexibility index (Phi) is 11.8. The summed E-state index contributed by atoms with van der Waals surface area (Å²) in [7, 11) is 0. The van der Waals surface area contributed by atoms with Crippen LogP contribution in [0.1, 0.15) is 61.0 Å². The zero-order valence-electron chi connectivity index (χ0n) is 19.8. The maximum Gasteiger partial charge on any atom is 0.327 e. The summed E-state index contributed by atoms with van der Waals surface area (Å²) in [4.78, 5) is 38.8. The number of nitrogens with one attached hydrogen (secondary N) is 1. The molecule has 0 aromatic heterocycles. The van der Waals surface area contributed by atoms with Crippen LogP contribution in [0.4, 0.5) is 4.79 Å². The lowest BCUT2D eigenvalue weighted by Gasteiger charge is -2.23. The topological polar surface area (TPSA) is 86.7 Å². The van der Waals surface area contributed by atoms with Crippen LogP contribution in [-0.4, -0.2) is 52.0 Å². The van der Waals surface area contributed by atoms with Crippen LogP contribution >= 0.6 is 11.8 Å². The Hall–Kier alpha value is -3.24. The number of rotatable bonds is 11. The summed E-state index contributed by atoms with van der Waals surface area (Å²) in [6, 6.07) is 14.5. The summed E-state index contributed by atoms with van der Waals surface area (Å²) < 4.78 is 0. The highest BCUT2D eigenvalue weighted by molar-refractivity contribution is 7.99. The number of urea groups is 1. The smallest absolute Gasteiger partial charge is 0.327 e. The van der Waals surface area contributed by atoms with Gasteiger partial charge in [0.15, 0.2) is 0 Å². The van der Waals surface area contributed by atoms with Crippen LogP contribution in [0, 0.1) is 11.8 Å². The molecule has 34 heavy (non-hydrogen) atoms. The van der Waals surface area contributed by atoms with Gasteiger partial charge in [0.25, 0.3) is 5.91 Å². The number of hydrogen-bond acceptors (Lipinski definition) is 4. The Labute approximate surface area is 206 Å². The first-order valence-electron chi connectivity index (χ1n) is 11.6. The molecule has 1 atom stereocenters. The van der Waals surface area contributed by atoms with E-state index < -0.39 is 23.9 Å². The highest BCUT2D eigenvalue weighted by Gasteiger charge is 2.27. The number of carboxylic acids is 1. The van der Waals surface area contributed by atoms with Gasteiger partial charge in [0.1, 0.15) is 6.04 Å². The number of imide groups is 1. The number of benzene rings is 2. The van der Waals surface area contributed by atoms with Crippen molar-refractivity contribution < 1.29 is 19.5 Å². The molecule has 2 N–H and O–H groups in total. The molecule has 6 nitrogen and oxygen atoms in total. The summed E-state index contributed by atoms with van der Waals surface area (Å²) in [6.07, 6.45) is 3.74. The lowest BCUT2D eigenvalue weighted by atomic mass is 10.1. The summed E-state index contributed by atoms with van der Waals surface area (Å²) in [5, 5.41) is 12.1. The van der Waals surface area contributed by atoms with Gasteiger partial charge >= 0.3 is 12.0 Å². The zero-order valence-corrected chi connectivity index (χ0v) is 20.6. The first-order chi connectivity index (χ1) is 16.5. The highest BCUT2D eigenvalue weighted by atomic mass is 32.2. The molecule has 2 rings (SSSR count). The molecule has 0 bridgehead atoms. The predicted molar refractivity (Wildman–Crippen MR) is 137 cm³/mol. The van der Waals surface area contributed by atoms with Crippen LogP contribution in [0.2, 0.25) is 0 Å². The number of carbonyl (C=O) groups is 3. The molecule has 3 amide bonds. The fourth-order valence-electron chi connectivity index (χ4n) is 3.13. The van der Waals surface area contributed by atoms with Crippen molar-refractivity contribution >= 4 is 29.7 Å². The van der Waals surface area contributed by atoms with Crippen molar-refractivity contribution in [1.82, 2.24) is 10.2 Å². The Morgan fingerprint density at radius 3 is 2.35 bits per heavy atom. The molecular weight excluding hydrogens is 448 g/mol. The second-order valence-corrected chi connectivity index (χ2v) is 8.93. The Morgan fingerprint density at radius 1 is 0.971 bits per heavy atom. The van der Waals surface area contributed by atoms with Gasteiger partial charge in [0.05, 0.1) is 0 Å². The van der Waals surface area contributed by atoms with E-state index in [-0.39, 0.29) is 12.3 Å². The number of aliphatic carboxylic acids is 1.